The van der Waals surface area contributed by atoms with E-state index < -0.39 is 11.8 Å². The number of hydrogen-bond donors (Lipinski definition) is 5. The Morgan fingerprint density at radius 1 is 1.25 bits per heavy atom. The summed E-state index contributed by atoms with van der Waals surface area (Å²) in [6, 6.07) is 4.22. The highest BCUT2D eigenvalue weighted by Crippen LogP contribution is 2.26. The first-order chi connectivity index (χ1) is 6.83. The molecule has 6 nitrogen and oxygen atoms in total. The van der Waals surface area contributed by atoms with Crippen LogP contribution in [-0.4, -0.2) is 37.7 Å². The maximum absolute atomic E-state index is 9.22. The van der Waals surface area contributed by atoms with E-state index in [9.17, 15) is 5.11 Å². The molecule has 0 heterocycles. The molecular weight excluding hydrogens is 214 g/mol. The number of nitrogens with two attached hydrogens (primary N) is 1. The summed E-state index contributed by atoms with van der Waals surface area (Å²) in [5.41, 5.74) is 5.06. The summed E-state index contributed by atoms with van der Waals surface area (Å²) < 4.78 is 0. The Morgan fingerprint density at radius 3 is 2.25 bits per heavy atom. The molecule has 0 amide bonds. The Morgan fingerprint density at radius 2 is 1.81 bits per heavy atom. The van der Waals surface area contributed by atoms with Gasteiger partial charge in [-0.3, -0.25) is 0 Å². The van der Waals surface area contributed by atoms with Crippen molar-refractivity contribution in [1.82, 2.24) is 0 Å². The van der Waals surface area contributed by atoms with Gasteiger partial charge in [0.1, 0.15) is 0 Å². The van der Waals surface area contributed by atoms with Crippen molar-refractivity contribution < 1.29 is 25.9 Å². The molecule has 0 aliphatic carbocycles. The highest BCUT2D eigenvalue weighted by atomic mass is 16.5. The van der Waals surface area contributed by atoms with Crippen molar-refractivity contribution in [3.63, 3.8) is 0 Å². The molecule has 6 heteroatoms. The van der Waals surface area contributed by atoms with Crippen LogP contribution in [0.15, 0.2) is 18.2 Å². The molecule has 0 fully saturated rings. The van der Waals surface area contributed by atoms with Crippen molar-refractivity contribution in [2.75, 3.05) is 0 Å². The number of benzene rings is 1. The lowest BCUT2D eigenvalue weighted by molar-refractivity contribution is -0.0903. The first-order valence-electron chi connectivity index (χ1n) is 4.49. The molecule has 0 aromatic heterocycles. The monoisotopic (exact) mass is 231 g/mol. The van der Waals surface area contributed by atoms with E-state index in [1.807, 2.05) is 0 Å². The minimum Gasteiger partial charge on any atom is -0.504 e. The quantitative estimate of drug-likeness (QED) is 0.330. The van der Waals surface area contributed by atoms with Gasteiger partial charge in [-0.25, -0.2) is 0 Å². The van der Waals surface area contributed by atoms with Crippen LogP contribution in [0.2, 0.25) is 0 Å². The molecule has 0 bridgehead atoms. The molecule has 0 aliphatic rings. The number of aliphatic hydroxyl groups excluding tert-OH is 1. The van der Waals surface area contributed by atoms with E-state index in [2.05, 4.69) is 0 Å². The maximum atomic E-state index is 9.22. The summed E-state index contributed by atoms with van der Waals surface area (Å²) >= 11 is 0. The van der Waals surface area contributed by atoms with E-state index in [1.54, 1.807) is 6.07 Å². The molecule has 16 heavy (non-hydrogen) atoms. The van der Waals surface area contributed by atoms with Crippen LogP contribution in [0, 0.1) is 0 Å². The Hall–Kier alpha value is -1.34. The van der Waals surface area contributed by atoms with Gasteiger partial charge in [0, 0.05) is 0 Å². The standard InChI is InChI=1S/C10H15NO4.H2O/c1-10(11,9(14)15)5-6-2-3-7(12)8(13)4-6;/h2-4,9,12-15H,5,11H2,1H3;1H2. The molecule has 1 aromatic rings. The zero-order valence-corrected chi connectivity index (χ0v) is 8.88. The molecule has 1 atom stereocenters. The Bertz CT molecular complexity index is 351. The van der Waals surface area contributed by atoms with Crippen LogP contribution < -0.4 is 5.73 Å². The molecule has 1 aromatic carbocycles. The van der Waals surface area contributed by atoms with Gasteiger partial charge in [-0.05, 0) is 31.0 Å². The molecule has 0 saturated carbocycles. The van der Waals surface area contributed by atoms with Crippen molar-refractivity contribution in [3.8, 4) is 11.5 Å². The van der Waals surface area contributed by atoms with Crippen molar-refractivity contribution in [3.05, 3.63) is 23.8 Å². The largest absolute Gasteiger partial charge is 0.504 e. The highest BCUT2D eigenvalue weighted by molar-refractivity contribution is 5.41. The molecule has 0 radical (unpaired) electrons. The van der Waals surface area contributed by atoms with Crippen molar-refractivity contribution >= 4 is 0 Å². The molecular formula is C10H17NO5. The smallest absolute Gasteiger partial charge is 0.169 e. The average Bonchev–Trinajstić information content (AvgIpc) is 2.10. The van der Waals surface area contributed by atoms with E-state index in [0.717, 1.165) is 0 Å². The predicted molar refractivity (Wildman–Crippen MR) is 57.9 cm³/mol. The predicted octanol–water partition coefficient (Wildman–Crippen LogP) is -1.16. The minimum atomic E-state index is -1.64. The first kappa shape index (κ1) is 14.7. The van der Waals surface area contributed by atoms with Gasteiger partial charge in [-0.15, -0.1) is 0 Å². The number of phenols is 2. The molecule has 0 aliphatic heterocycles. The van der Waals surface area contributed by atoms with Crippen molar-refractivity contribution in [2.45, 2.75) is 25.2 Å². The third kappa shape index (κ3) is 3.35. The van der Waals surface area contributed by atoms with Gasteiger partial charge in [0.25, 0.3) is 0 Å². The van der Waals surface area contributed by atoms with Gasteiger partial charge in [0.05, 0.1) is 5.54 Å². The van der Waals surface area contributed by atoms with Crippen LogP contribution in [0.1, 0.15) is 12.5 Å². The summed E-state index contributed by atoms with van der Waals surface area (Å²) in [4.78, 5) is 0. The highest BCUT2D eigenvalue weighted by Gasteiger charge is 2.27. The third-order valence-corrected chi connectivity index (χ3v) is 2.21. The molecule has 0 spiro atoms. The Balaban J connectivity index is 0.00000225. The second-order valence-electron chi connectivity index (χ2n) is 3.88. The fraction of sp³-hybridized carbons (Fsp3) is 0.400. The number of aliphatic hydroxyl groups is 2. The molecule has 0 saturated heterocycles. The van der Waals surface area contributed by atoms with Gasteiger partial charge < -0.3 is 31.6 Å². The summed E-state index contributed by atoms with van der Waals surface area (Å²) in [5, 5.41) is 36.3. The Labute approximate surface area is 92.9 Å². The number of aromatic hydroxyl groups is 2. The number of rotatable bonds is 3. The lowest BCUT2D eigenvalue weighted by Crippen LogP contribution is -2.49. The average molecular weight is 231 g/mol. The van der Waals surface area contributed by atoms with Gasteiger partial charge in [0.2, 0.25) is 0 Å². The SMILES string of the molecule is CC(N)(Cc1ccc(O)c(O)c1)C(O)O.O. The summed E-state index contributed by atoms with van der Waals surface area (Å²) in [6.07, 6.45) is -1.47. The minimum absolute atomic E-state index is 0. The van der Waals surface area contributed by atoms with Crippen LogP contribution in [0.3, 0.4) is 0 Å². The van der Waals surface area contributed by atoms with Crippen LogP contribution >= 0.6 is 0 Å². The van der Waals surface area contributed by atoms with Gasteiger partial charge in [-0.2, -0.15) is 0 Å². The van der Waals surface area contributed by atoms with Gasteiger partial charge in [0.15, 0.2) is 17.8 Å². The molecule has 1 rings (SSSR count). The summed E-state index contributed by atoms with van der Waals surface area (Å²) in [6.45, 7) is 1.49. The second-order valence-corrected chi connectivity index (χ2v) is 3.88. The van der Waals surface area contributed by atoms with Crippen molar-refractivity contribution in [1.29, 1.82) is 0 Å². The van der Waals surface area contributed by atoms with Crippen molar-refractivity contribution in [2.24, 2.45) is 5.73 Å². The summed E-state index contributed by atoms with van der Waals surface area (Å²) in [7, 11) is 0. The van der Waals surface area contributed by atoms with Gasteiger partial charge in [-0.1, -0.05) is 6.07 Å². The topological polar surface area (TPSA) is 138 Å². The van der Waals surface area contributed by atoms with Gasteiger partial charge >= 0.3 is 0 Å². The van der Waals surface area contributed by atoms with Crippen LogP contribution in [-0.2, 0) is 6.42 Å². The zero-order chi connectivity index (χ0) is 11.6. The van der Waals surface area contributed by atoms with E-state index >= 15 is 0 Å². The number of phenolic OH excluding ortho intramolecular Hbond substituents is 2. The van der Waals surface area contributed by atoms with Crippen LogP contribution in [0.5, 0.6) is 11.5 Å². The molecule has 92 valence electrons. The zero-order valence-electron chi connectivity index (χ0n) is 8.88. The third-order valence-electron chi connectivity index (χ3n) is 2.21. The Kier molecular flexibility index (Phi) is 4.70. The fourth-order valence-corrected chi connectivity index (χ4v) is 1.21. The molecule has 8 N–H and O–H groups in total. The van der Waals surface area contributed by atoms with Crippen LogP contribution in [0.4, 0.5) is 0 Å². The second kappa shape index (κ2) is 5.13. The maximum Gasteiger partial charge on any atom is 0.169 e. The fourth-order valence-electron chi connectivity index (χ4n) is 1.21. The molecule has 1 unspecified atom stereocenters. The lowest BCUT2D eigenvalue weighted by atomic mass is 9.93. The summed E-state index contributed by atoms with van der Waals surface area (Å²) in [5.74, 6) is -0.474. The lowest BCUT2D eigenvalue weighted by Gasteiger charge is -2.26. The van der Waals surface area contributed by atoms with E-state index in [0.29, 0.717) is 5.56 Å². The van der Waals surface area contributed by atoms with E-state index in [4.69, 9.17) is 21.1 Å². The normalized spacial score (nSPS) is 14.3. The van der Waals surface area contributed by atoms with E-state index in [-0.39, 0.29) is 23.4 Å². The first-order valence-corrected chi connectivity index (χ1v) is 4.49. The number of hydrogen-bond acceptors (Lipinski definition) is 5. The van der Waals surface area contributed by atoms with E-state index in [1.165, 1.54) is 19.1 Å². The van der Waals surface area contributed by atoms with Crippen LogP contribution in [0.25, 0.3) is 0 Å².